The highest BCUT2D eigenvalue weighted by atomic mass is 16.5. The van der Waals surface area contributed by atoms with Crippen LogP contribution in [0, 0.1) is 6.92 Å². The van der Waals surface area contributed by atoms with Gasteiger partial charge in [-0.15, -0.1) is 0 Å². The Morgan fingerprint density at radius 1 is 1.39 bits per heavy atom. The summed E-state index contributed by atoms with van der Waals surface area (Å²) in [5.74, 6) is -0.593. The van der Waals surface area contributed by atoms with Gasteiger partial charge in [0.25, 0.3) is 5.91 Å². The predicted octanol–water partition coefficient (Wildman–Crippen LogP) is 2.09. The molecule has 8 nitrogen and oxygen atoms in total. The first-order valence-electron chi connectivity index (χ1n) is 7.05. The van der Waals surface area contributed by atoms with Gasteiger partial charge in [-0.25, -0.2) is 4.79 Å². The predicted molar refractivity (Wildman–Crippen MR) is 80.2 cm³/mol. The lowest BCUT2D eigenvalue weighted by atomic mass is 10.2. The number of anilines is 1. The van der Waals surface area contributed by atoms with Crippen molar-refractivity contribution in [3.8, 4) is 0 Å². The van der Waals surface area contributed by atoms with Gasteiger partial charge in [0.05, 0.1) is 0 Å². The number of hydrogen-bond donors (Lipinski definition) is 2. The summed E-state index contributed by atoms with van der Waals surface area (Å²) in [6.07, 6.45) is 0.718. The number of ether oxygens (including phenoxy) is 1. The Kier molecular flexibility index (Phi) is 4.95. The van der Waals surface area contributed by atoms with Gasteiger partial charge in [-0.3, -0.25) is 9.59 Å². The van der Waals surface area contributed by atoms with Crippen LogP contribution in [0.25, 0.3) is 0 Å². The molecule has 0 bridgehead atoms. The third-order valence-electron chi connectivity index (χ3n) is 3.10. The van der Waals surface area contributed by atoms with Gasteiger partial charge in [-0.1, -0.05) is 12.1 Å². The molecular formula is C15H17N3O5. The minimum Gasteiger partial charge on any atom is -0.448 e. The van der Waals surface area contributed by atoms with Crippen LogP contribution in [0.2, 0.25) is 0 Å². The lowest BCUT2D eigenvalue weighted by Crippen LogP contribution is -2.32. The van der Waals surface area contributed by atoms with Gasteiger partial charge in [0.1, 0.15) is 11.5 Å². The average molecular weight is 319 g/mol. The normalized spacial score (nSPS) is 11.8. The van der Waals surface area contributed by atoms with E-state index in [1.54, 1.807) is 19.9 Å². The number of aromatic amines is 1. The van der Waals surface area contributed by atoms with Crippen molar-refractivity contribution in [2.24, 2.45) is 0 Å². The fraction of sp³-hybridized carbons (Fsp3) is 0.333. The third-order valence-corrected chi connectivity index (χ3v) is 3.10. The molecule has 2 N–H and O–H groups in total. The Labute approximate surface area is 132 Å². The minimum atomic E-state index is -0.983. The Bertz CT molecular complexity index is 731. The summed E-state index contributed by atoms with van der Waals surface area (Å²) < 4.78 is 10.0. The summed E-state index contributed by atoms with van der Waals surface area (Å²) in [5, 5.41) is 6.15. The summed E-state index contributed by atoms with van der Waals surface area (Å²) in [4.78, 5) is 38.0. The number of amides is 1. The highest BCUT2D eigenvalue weighted by molar-refractivity contribution is 5.99. The van der Waals surface area contributed by atoms with Crippen molar-refractivity contribution in [1.82, 2.24) is 10.1 Å². The molecule has 0 spiro atoms. The van der Waals surface area contributed by atoms with Crippen LogP contribution in [0.3, 0.4) is 0 Å². The highest BCUT2D eigenvalue weighted by Gasteiger charge is 2.24. The van der Waals surface area contributed by atoms with Crippen LogP contribution >= 0.6 is 0 Å². The molecule has 1 atom stereocenters. The second-order valence-electron chi connectivity index (χ2n) is 4.97. The van der Waals surface area contributed by atoms with E-state index in [1.165, 1.54) is 19.2 Å². The molecule has 2 aromatic rings. The molecule has 0 radical (unpaired) electrons. The lowest BCUT2D eigenvalue weighted by molar-refractivity contribution is -0.124. The number of ketones is 1. The van der Waals surface area contributed by atoms with E-state index in [1.807, 2.05) is 0 Å². The summed E-state index contributed by atoms with van der Waals surface area (Å²) >= 11 is 0. The van der Waals surface area contributed by atoms with Crippen LogP contribution in [0.4, 0.5) is 5.82 Å². The Balaban J connectivity index is 2.01. The molecule has 0 aliphatic carbocycles. The van der Waals surface area contributed by atoms with Gasteiger partial charge in [0, 0.05) is 17.8 Å². The number of nitrogens with zero attached hydrogens (tertiary/aromatic N) is 1. The van der Waals surface area contributed by atoms with E-state index in [0.717, 1.165) is 0 Å². The number of nitrogens with one attached hydrogen (secondary N) is 2. The van der Waals surface area contributed by atoms with Crippen LogP contribution < -0.4 is 5.32 Å². The molecule has 0 unspecified atom stereocenters. The van der Waals surface area contributed by atoms with Crippen LogP contribution in [0.15, 0.2) is 22.9 Å². The fourth-order valence-corrected chi connectivity index (χ4v) is 1.86. The number of H-pyrrole nitrogens is 1. The first kappa shape index (κ1) is 16.5. The molecule has 0 aliphatic rings. The van der Waals surface area contributed by atoms with Crippen LogP contribution in [0.5, 0.6) is 0 Å². The second-order valence-corrected chi connectivity index (χ2v) is 4.97. The Morgan fingerprint density at radius 3 is 2.65 bits per heavy atom. The average Bonchev–Trinajstić information content (AvgIpc) is 3.13. The van der Waals surface area contributed by atoms with Crippen molar-refractivity contribution in [3.63, 3.8) is 0 Å². The molecule has 2 heterocycles. The molecule has 2 rings (SSSR count). The molecule has 0 fully saturated rings. The van der Waals surface area contributed by atoms with Gasteiger partial charge in [0.15, 0.2) is 17.7 Å². The standard InChI is InChI=1S/C15H17N3O5/c1-4-12(14(20)17-13-5-8(2)23-18-13)22-15(21)11-6-10(7-16-11)9(3)19/h5-7,12,16H,4H2,1-3H3,(H,17,18,20)/t12-/m0/s1. The van der Waals surface area contributed by atoms with E-state index in [0.29, 0.717) is 11.3 Å². The maximum atomic E-state index is 12.1. The van der Waals surface area contributed by atoms with Gasteiger partial charge in [-0.2, -0.15) is 0 Å². The van der Waals surface area contributed by atoms with Gasteiger partial charge in [-0.05, 0) is 26.3 Å². The van der Waals surface area contributed by atoms with E-state index >= 15 is 0 Å². The quantitative estimate of drug-likeness (QED) is 0.622. The summed E-state index contributed by atoms with van der Waals surface area (Å²) in [7, 11) is 0. The number of esters is 1. The largest absolute Gasteiger partial charge is 0.448 e. The van der Waals surface area contributed by atoms with Crippen molar-refractivity contribution in [2.75, 3.05) is 5.32 Å². The Morgan fingerprint density at radius 2 is 2.13 bits per heavy atom. The monoisotopic (exact) mass is 319 g/mol. The molecular weight excluding hydrogens is 302 g/mol. The van der Waals surface area contributed by atoms with E-state index in [-0.39, 0.29) is 23.7 Å². The maximum absolute atomic E-state index is 12.1. The number of rotatable bonds is 6. The molecule has 0 saturated carbocycles. The third kappa shape index (κ3) is 4.06. The molecule has 0 saturated heterocycles. The SMILES string of the molecule is CC[C@H](OC(=O)c1cc(C(C)=O)c[nH]1)C(=O)Nc1cc(C)on1. The molecule has 23 heavy (non-hydrogen) atoms. The summed E-state index contributed by atoms with van der Waals surface area (Å²) in [6.45, 7) is 4.79. The van der Waals surface area contributed by atoms with Gasteiger partial charge in [0.2, 0.25) is 0 Å². The zero-order valence-corrected chi connectivity index (χ0v) is 13.0. The number of aryl methyl sites for hydroxylation is 1. The van der Waals surface area contributed by atoms with Crippen molar-refractivity contribution in [3.05, 3.63) is 35.3 Å². The smallest absolute Gasteiger partial charge is 0.355 e. The van der Waals surface area contributed by atoms with Crippen molar-refractivity contribution < 1.29 is 23.6 Å². The number of carbonyl (C=O) groups is 3. The van der Waals surface area contributed by atoms with E-state index < -0.39 is 18.0 Å². The van der Waals surface area contributed by atoms with Crippen LogP contribution in [0.1, 0.15) is 46.9 Å². The van der Waals surface area contributed by atoms with E-state index in [2.05, 4.69) is 15.5 Å². The molecule has 2 aromatic heterocycles. The van der Waals surface area contributed by atoms with Crippen molar-refractivity contribution >= 4 is 23.5 Å². The highest BCUT2D eigenvalue weighted by Crippen LogP contribution is 2.12. The summed E-state index contributed by atoms with van der Waals surface area (Å²) in [5.41, 5.74) is 0.478. The Hall–Kier alpha value is -2.90. The first-order chi connectivity index (χ1) is 10.9. The molecule has 0 aliphatic heterocycles. The zero-order chi connectivity index (χ0) is 17.0. The summed E-state index contributed by atoms with van der Waals surface area (Å²) in [6, 6.07) is 2.94. The number of carbonyl (C=O) groups excluding carboxylic acids is 3. The fourth-order valence-electron chi connectivity index (χ4n) is 1.86. The van der Waals surface area contributed by atoms with Gasteiger partial charge < -0.3 is 19.6 Å². The van der Waals surface area contributed by atoms with Gasteiger partial charge >= 0.3 is 5.97 Å². The zero-order valence-electron chi connectivity index (χ0n) is 13.0. The topological polar surface area (TPSA) is 114 Å². The van der Waals surface area contributed by atoms with Crippen molar-refractivity contribution in [1.29, 1.82) is 0 Å². The number of aromatic nitrogens is 2. The van der Waals surface area contributed by atoms with E-state index in [4.69, 9.17) is 9.26 Å². The van der Waals surface area contributed by atoms with Crippen LogP contribution in [-0.4, -0.2) is 33.9 Å². The first-order valence-corrected chi connectivity index (χ1v) is 7.05. The molecule has 1 amide bonds. The minimum absolute atomic E-state index is 0.110. The number of Topliss-reactive ketones (excluding diaryl/α,β-unsaturated/α-hetero) is 1. The molecule has 8 heteroatoms. The number of hydrogen-bond acceptors (Lipinski definition) is 6. The second kappa shape index (κ2) is 6.91. The molecule has 0 aromatic carbocycles. The van der Waals surface area contributed by atoms with E-state index in [9.17, 15) is 14.4 Å². The maximum Gasteiger partial charge on any atom is 0.355 e. The lowest BCUT2D eigenvalue weighted by Gasteiger charge is -2.14. The van der Waals surface area contributed by atoms with Crippen molar-refractivity contribution in [2.45, 2.75) is 33.3 Å². The van der Waals surface area contributed by atoms with Crippen LogP contribution in [-0.2, 0) is 9.53 Å². The molecule has 122 valence electrons.